The zero-order valence-corrected chi connectivity index (χ0v) is 13.1. The molecule has 0 radical (unpaired) electrons. The summed E-state index contributed by atoms with van der Waals surface area (Å²) in [4.78, 5) is 9.99. The van der Waals surface area contributed by atoms with Gasteiger partial charge in [-0.2, -0.15) is 0 Å². The summed E-state index contributed by atoms with van der Waals surface area (Å²) in [5, 5.41) is 10.6. The molecule has 0 aromatic heterocycles. The summed E-state index contributed by atoms with van der Waals surface area (Å²) in [6, 6.07) is 3.79. The number of halogens is 2. The molecule has 0 N–H and O–H groups in total. The molecule has 0 bridgehead atoms. The molecule has 0 saturated carbocycles. The Morgan fingerprint density at radius 3 is 2.45 bits per heavy atom. The van der Waals surface area contributed by atoms with E-state index in [9.17, 15) is 18.5 Å². The highest BCUT2D eigenvalue weighted by Gasteiger charge is 2.26. The van der Waals surface area contributed by atoms with Gasteiger partial charge in [-0.15, -0.1) is 0 Å². The van der Waals surface area contributed by atoms with Crippen LogP contribution in [-0.4, -0.2) is 25.7 Å². The van der Waals surface area contributed by atoms with Gasteiger partial charge < -0.3 is 4.74 Å². The molecule has 6 nitrogen and oxygen atoms in total. The molecule has 0 spiro atoms. The van der Waals surface area contributed by atoms with Gasteiger partial charge in [0.05, 0.1) is 22.3 Å². The highest BCUT2D eigenvalue weighted by molar-refractivity contribution is 8.13. The molecule has 1 aromatic carbocycles. The van der Waals surface area contributed by atoms with E-state index in [4.69, 9.17) is 27.0 Å². The molecular weight excluding hydrogens is 329 g/mol. The minimum Gasteiger partial charge on any atom is -0.491 e. The van der Waals surface area contributed by atoms with E-state index < -0.39 is 19.4 Å². The van der Waals surface area contributed by atoms with Crippen molar-refractivity contribution in [2.24, 2.45) is 5.41 Å². The van der Waals surface area contributed by atoms with Crippen LogP contribution in [-0.2, 0) is 9.05 Å². The maximum atomic E-state index is 11.1. The first kappa shape index (κ1) is 17.0. The van der Waals surface area contributed by atoms with Crippen molar-refractivity contribution in [2.45, 2.75) is 13.8 Å². The SMILES string of the molecule is CC(C)(COc1ccc([N+](=O)[O-])cc1Cl)CS(=O)(=O)Cl. The summed E-state index contributed by atoms with van der Waals surface area (Å²) in [6.07, 6.45) is 0. The third-order valence-electron chi connectivity index (χ3n) is 2.31. The second-order valence-corrected chi connectivity index (χ2v) is 8.19. The molecule has 0 heterocycles. The van der Waals surface area contributed by atoms with Crippen molar-refractivity contribution in [3.8, 4) is 5.75 Å². The Labute approximate surface area is 126 Å². The van der Waals surface area contributed by atoms with Crippen LogP contribution in [0.5, 0.6) is 5.75 Å². The predicted octanol–water partition coefficient (Wildman–Crippen LogP) is 3.22. The van der Waals surface area contributed by atoms with Crippen LogP contribution in [0.2, 0.25) is 5.02 Å². The van der Waals surface area contributed by atoms with Gasteiger partial charge in [-0.3, -0.25) is 10.1 Å². The van der Waals surface area contributed by atoms with Crippen molar-refractivity contribution < 1.29 is 18.1 Å². The Hall–Kier alpha value is -1.05. The van der Waals surface area contributed by atoms with Gasteiger partial charge in [-0.1, -0.05) is 25.4 Å². The summed E-state index contributed by atoms with van der Waals surface area (Å²) in [5.74, 6) is -0.0103. The zero-order chi connectivity index (χ0) is 15.6. The van der Waals surface area contributed by atoms with E-state index in [-0.39, 0.29) is 28.8 Å². The van der Waals surface area contributed by atoms with Gasteiger partial charge in [0, 0.05) is 28.2 Å². The van der Waals surface area contributed by atoms with Crippen molar-refractivity contribution in [1.29, 1.82) is 0 Å². The summed E-state index contributed by atoms with van der Waals surface area (Å²) in [7, 11) is 1.56. The Bertz CT molecular complexity index is 615. The molecule has 0 aliphatic heterocycles. The van der Waals surface area contributed by atoms with E-state index >= 15 is 0 Å². The molecule has 112 valence electrons. The minimum atomic E-state index is -3.64. The van der Waals surface area contributed by atoms with Crippen LogP contribution in [0.1, 0.15) is 13.8 Å². The summed E-state index contributed by atoms with van der Waals surface area (Å²) >= 11 is 5.86. The lowest BCUT2D eigenvalue weighted by atomic mass is 9.98. The van der Waals surface area contributed by atoms with Crippen LogP contribution in [0.25, 0.3) is 0 Å². The fraction of sp³-hybridized carbons (Fsp3) is 0.455. The molecule has 0 saturated heterocycles. The van der Waals surface area contributed by atoms with E-state index in [1.807, 2.05) is 0 Å². The Morgan fingerprint density at radius 1 is 1.40 bits per heavy atom. The van der Waals surface area contributed by atoms with Gasteiger partial charge in [0.1, 0.15) is 5.75 Å². The fourth-order valence-electron chi connectivity index (χ4n) is 1.50. The quantitative estimate of drug-likeness (QED) is 0.450. The van der Waals surface area contributed by atoms with Gasteiger partial charge in [0.25, 0.3) is 5.69 Å². The van der Waals surface area contributed by atoms with E-state index in [1.54, 1.807) is 13.8 Å². The lowest BCUT2D eigenvalue weighted by Gasteiger charge is -2.23. The van der Waals surface area contributed by atoms with Crippen LogP contribution in [0.4, 0.5) is 5.69 Å². The topological polar surface area (TPSA) is 86.5 Å². The van der Waals surface area contributed by atoms with Gasteiger partial charge >= 0.3 is 0 Å². The molecule has 0 fully saturated rings. The lowest BCUT2D eigenvalue weighted by Crippen LogP contribution is -2.28. The Balaban J connectivity index is 2.78. The molecule has 1 aromatic rings. The summed E-state index contributed by atoms with van der Waals surface area (Å²) in [6.45, 7) is 3.40. The molecule has 0 amide bonds. The number of non-ortho nitro benzene ring substituents is 1. The number of benzene rings is 1. The maximum absolute atomic E-state index is 11.1. The maximum Gasteiger partial charge on any atom is 0.271 e. The Kier molecular flexibility index (Phi) is 5.23. The predicted molar refractivity (Wildman–Crippen MR) is 77.0 cm³/mol. The zero-order valence-electron chi connectivity index (χ0n) is 10.8. The minimum absolute atomic E-state index is 0.0521. The molecule has 0 aliphatic carbocycles. The molecule has 0 atom stereocenters. The van der Waals surface area contributed by atoms with Gasteiger partial charge in [-0.05, 0) is 6.07 Å². The highest BCUT2D eigenvalue weighted by atomic mass is 35.7. The highest BCUT2D eigenvalue weighted by Crippen LogP contribution is 2.30. The second kappa shape index (κ2) is 6.15. The van der Waals surface area contributed by atoms with E-state index in [1.165, 1.54) is 18.2 Å². The first-order valence-electron chi connectivity index (χ1n) is 5.49. The molecule has 0 unspecified atom stereocenters. The summed E-state index contributed by atoms with van der Waals surface area (Å²) in [5.41, 5.74) is -0.865. The Morgan fingerprint density at radius 2 is 2.00 bits per heavy atom. The number of nitrogens with zero attached hydrogens (tertiary/aromatic N) is 1. The van der Waals surface area contributed by atoms with Crippen LogP contribution in [0, 0.1) is 15.5 Å². The fourth-order valence-corrected chi connectivity index (χ4v) is 3.63. The first-order chi connectivity index (χ1) is 9.00. The van der Waals surface area contributed by atoms with Crippen LogP contribution in [0.3, 0.4) is 0 Å². The van der Waals surface area contributed by atoms with Gasteiger partial charge in [0.2, 0.25) is 9.05 Å². The number of hydrogen-bond acceptors (Lipinski definition) is 5. The number of hydrogen-bond donors (Lipinski definition) is 0. The molecular formula is C11H13Cl2NO5S. The van der Waals surface area contributed by atoms with Crippen molar-refractivity contribution in [2.75, 3.05) is 12.4 Å². The van der Waals surface area contributed by atoms with Crippen molar-refractivity contribution in [3.63, 3.8) is 0 Å². The van der Waals surface area contributed by atoms with Crippen LogP contribution >= 0.6 is 22.3 Å². The van der Waals surface area contributed by atoms with Gasteiger partial charge in [0.15, 0.2) is 0 Å². The first-order valence-corrected chi connectivity index (χ1v) is 8.35. The molecule has 0 aliphatic rings. The lowest BCUT2D eigenvalue weighted by molar-refractivity contribution is -0.384. The monoisotopic (exact) mass is 341 g/mol. The third kappa shape index (κ3) is 5.52. The number of rotatable bonds is 6. The molecule has 1 rings (SSSR count). The van der Waals surface area contributed by atoms with Crippen molar-refractivity contribution in [1.82, 2.24) is 0 Å². The average molecular weight is 342 g/mol. The second-order valence-electron chi connectivity index (χ2n) is 5.01. The van der Waals surface area contributed by atoms with Crippen molar-refractivity contribution >= 4 is 37.0 Å². The number of ether oxygens (including phenoxy) is 1. The largest absolute Gasteiger partial charge is 0.491 e. The van der Waals surface area contributed by atoms with E-state index in [0.717, 1.165) is 0 Å². The number of nitro benzene ring substituents is 1. The molecule has 9 heteroatoms. The average Bonchev–Trinajstić information content (AvgIpc) is 2.23. The van der Waals surface area contributed by atoms with Crippen LogP contribution < -0.4 is 4.74 Å². The van der Waals surface area contributed by atoms with Gasteiger partial charge in [-0.25, -0.2) is 8.42 Å². The van der Waals surface area contributed by atoms with Crippen LogP contribution in [0.15, 0.2) is 18.2 Å². The van der Waals surface area contributed by atoms with E-state index in [2.05, 4.69) is 0 Å². The molecule has 20 heavy (non-hydrogen) atoms. The third-order valence-corrected chi connectivity index (χ3v) is 4.06. The standard InChI is InChI=1S/C11H13Cl2NO5S/c1-11(2,7-20(13,17)18)6-19-10-4-3-8(14(15)16)5-9(10)12/h3-5H,6-7H2,1-2H3. The summed E-state index contributed by atoms with van der Waals surface area (Å²) < 4.78 is 27.5. The smallest absolute Gasteiger partial charge is 0.271 e. The normalized spacial score (nSPS) is 12.2. The van der Waals surface area contributed by atoms with Crippen molar-refractivity contribution in [3.05, 3.63) is 33.3 Å². The number of nitro groups is 1. The van der Waals surface area contributed by atoms with E-state index in [0.29, 0.717) is 0 Å².